The van der Waals surface area contributed by atoms with Crippen molar-refractivity contribution in [2.75, 3.05) is 0 Å². The molecule has 0 N–H and O–H groups in total. The average molecular weight is 261 g/mol. The van der Waals surface area contributed by atoms with Crippen LogP contribution in [0.3, 0.4) is 0 Å². The molecule has 2 aromatic carbocycles. The Balaban J connectivity index is 2.14. The van der Waals surface area contributed by atoms with Crippen LogP contribution in [0.2, 0.25) is 0 Å². The highest BCUT2D eigenvalue weighted by atomic mass is 19.1. The first-order valence-corrected chi connectivity index (χ1v) is 5.69. The summed E-state index contributed by atoms with van der Waals surface area (Å²) >= 11 is 0. The van der Waals surface area contributed by atoms with Crippen LogP contribution in [0.4, 0.5) is 10.1 Å². The van der Waals surface area contributed by atoms with Gasteiger partial charge < -0.3 is 4.74 Å². The molecule has 0 aliphatic rings. The summed E-state index contributed by atoms with van der Waals surface area (Å²) in [5, 5.41) is 10.8. The number of rotatable bonds is 4. The molecule has 0 aliphatic heterocycles. The fraction of sp³-hybridized carbons (Fsp3) is 0.143. The molecule has 0 heterocycles. The van der Waals surface area contributed by atoms with Gasteiger partial charge in [0.15, 0.2) is 0 Å². The standard InChI is InChI=1S/C14H12FNO3/c1-10-8-12(6-7-13(10)15)19-9-11-4-2-3-5-14(11)16(17)18/h2-8H,9H2,1H3. The number of hydrogen-bond acceptors (Lipinski definition) is 3. The normalized spacial score (nSPS) is 10.2. The third-order valence-electron chi connectivity index (χ3n) is 2.71. The number of benzene rings is 2. The minimum atomic E-state index is -0.450. The lowest BCUT2D eigenvalue weighted by Crippen LogP contribution is -2.00. The van der Waals surface area contributed by atoms with Crippen LogP contribution in [0.5, 0.6) is 5.75 Å². The molecule has 2 aromatic rings. The van der Waals surface area contributed by atoms with E-state index in [0.29, 0.717) is 16.9 Å². The second-order valence-electron chi connectivity index (χ2n) is 4.09. The smallest absolute Gasteiger partial charge is 0.276 e. The largest absolute Gasteiger partial charge is 0.489 e. The number of nitro benzene ring substituents is 1. The Morgan fingerprint density at radius 1 is 1.26 bits per heavy atom. The van der Waals surface area contributed by atoms with Crippen LogP contribution in [-0.2, 0) is 6.61 Å². The first kappa shape index (κ1) is 13.0. The maximum atomic E-state index is 13.1. The van der Waals surface area contributed by atoms with E-state index in [9.17, 15) is 14.5 Å². The third kappa shape index (κ3) is 3.07. The van der Waals surface area contributed by atoms with Crippen molar-refractivity contribution in [2.45, 2.75) is 13.5 Å². The topological polar surface area (TPSA) is 52.4 Å². The molecule has 0 bridgehead atoms. The van der Waals surface area contributed by atoms with Crippen molar-refractivity contribution in [3.8, 4) is 5.75 Å². The molecular formula is C14H12FNO3. The van der Waals surface area contributed by atoms with Gasteiger partial charge in [-0.25, -0.2) is 4.39 Å². The molecule has 98 valence electrons. The minimum Gasteiger partial charge on any atom is -0.489 e. The Hall–Kier alpha value is -2.43. The van der Waals surface area contributed by atoms with Gasteiger partial charge >= 0.3 is 0 Å². The SMILES string of the molecule is Cc1cc(OCc2ccccc2[N+](=O)[O-])ccc1F. The first-order chi connectivity index (χ1) is 9.08. The van der Waals surface area contributed by atoms with E-state index in [1.165, 1.54) is 18.2 Å². The fourth-order valence-corrected chi connectivity index (χ4v) is 1.68. The highest BCUT2D eigenvalue weighted by Crippen LogP contribution is 2.21. The summed E-state index contributed by atoms with van der Waals surface area (Å²) < 4.78 is 18.5. The number of ether oxygens (including phenoxy) is 1. The van der Waals surface area contributed by atoms with Gasteiger partial charge in [-0.15, -0.1) is 0 Å². The van der Waals surface area contributed by atoms with Crippen LogP contribution in [-0.4, -0.2) is 4.92 Å². The van der Waals surface area contributed by atoms with Crippen molar-refractivity contribution in [2.24, 2.45) is 0 Å². The van der Waals surface area contributed by atoms with Crippen LogP contribution in [0.25, 0.3) is 0 Å². The summed E-state index contributed by atoms with van der Waals surface area (Å²) in [6.07, 6.45) is 0. The number of nitrogens with zero attached hydrogens (tertiary/aromatic N) is 1. The summed E-state index contributed by atoms with van der Waals surface area (Å²) in [6.45, 7) is 1.70. The zero-order valence-corrected chi connectivity index (χ0v) is 10.3. The Morgan fingerprint density at radius 2 is 2.00 bits per heavy atom. The van der Waals surface area contributed by atoms with Gasteiger partial charge in [0.1, 0.15) is 18.2 Å². The predicted octanol–water partition coefficient (Wildman–Crippen LogP) is 3.62. The molecule has 0 unspecified atom stereocenters. The number of nitro groups is 1. The van der Waals surface area contributed by atoms with Crippen molar-refractivity contribution in [1.29, 1.82) is 0 Å². The summed E-state index contributed by atoms with van der Waals surface area (Å²) in [4.78, 5) is 10.4. The second kappa shape index (κ2) is 5.48. The van der Waals surface area contributed by atoms with Crippen LogP contribution in [0, 0.1) is 22.9 Å². The summed E-state index contributed by atoms with van der Waals surface area (Å²) in [5.41, 5.74) is 0.968. The van der Waals surface area contributed by atoms with E-state index in [4.69, 9.17) is 4.74 Å². The van der Waals surface area contributed by atoms with Crippen molar-refractivity contribution in [3.63, 3.8) is 0 Å². The van der Waals surface area contributed by atoms with Crippen LogP contribution >= 0.6 is 0 Å². The zero-order chi connectivity index (χ0) is 13.8. The Bertz CT molecular complexity index is 613. The summed E-state index contributed by atoms with van der Waals surface area (Å²) in [5.74, 6) is 0.176. The molecule has 0 atom stereocenters. The molecule has 19 heavy (non-hydrogen) atoms. The molecule has 0 saturated heterocycles. The van der Waals surface area contributed by atoms with Crippen molar-refractivity contribution in [3.05, 3.63) is 69.5 Å². The van der Waals surface area contributed by atoms with Crippen molar-refractivity contribution < 1.29 is 14.1 Å². The predicted molar refractivity (Wildman–Crippen MR) is 68.6 cm³/mol. The third-order valence-corrected chi connectivity index (χ3v) is 2.71. The number of halogens is 1. The van der Waals surface area contributed by atoms with E-state index in [1.807, 2.05) is 0 Å². The number of para-hydroxylation sites is 1. The molecule has 4 nitrogen and oxygen atoms in total. The van der Waals surface area contributed by atoms with Gasteiger partial charge in [-0.2, -0.15) is 0 Å². The molecular weight excluding hydrogens is 249 g/mol. The molecule has 2 rings (SSSR count). The highest BCUT2D eigenvalue weighted by molar-refractivity contribution is 5.39. The quantitative estimate of drug-likeness (QED) is 0.624. The molecule has 0 radical (unpaired) electrons. The summed E-state index contributed by atoms with van der Waals surface area (Å²) in [7, 11) is 0. The first-order valence-electron chi connectivity index (χ1n) is 5.69. The van der Waals surface area contributed by atoms with E-state index in [0.717, 1.165) is 0 Å². The van der Waals surface area contributed by atoms with Gasteiger partial charge in [0.25, 0.3) is 5.69 Å². The molecule has 0 aromatic heterocycles. The summed E-state index contributed by atoms with van der Waals surface area (Å²) in [6, 6.07) is 10.7. The van der Waals surface area contributed by atoms with Crippen molar-refractivity contribution in [1.82, 2.24) is 0 Å². The van der Waals surface area contributed by atoms with Gasteiger partial charge in [0.2, 0.25) is 0 Å². The monoisotopic (exact) mass is 261 g/mol. The maximum absolute atomic E-state index is 13.1. The van der Waals surface area contributed by atoms with E-state index in [1.54, 1.807) is 31.2 Å². The number of aryl methyl sites for hydroxylation is 1. The zero-order valence-electron chi connectivity index (χ0n) is 10.3. The molecule has 0 fully saturated rings. The molecule has 0 aliphatic carbocycles. The second-order valence-corrected chi connectivity index (χ2v) is 4.09. The Labute approximate surface area is 109 Å². The van der Waals surface area contributed by atoms with Crippen LogP contribution in [0.15, 0.2) is 42.5 Å². The van der Waals surface area contributed by atoms with Gasteiger partial charge in [-0.05, 0) is 36.8 Å². The van der Waals surface area contributed by atoms with Gasteiger partial charge in [-0.3, -0.25) is 10.1 Å². The van der Waals surface area contributed by atoms with E-state index in [2.05, 4.69) is 0 Å². The van der Waals surface area contributed by atoms with Crippen molar-refractivity contribution >= 4 is 5.69 Å². The highest BCUT2D eigenvalue weighted by Gasteiger charge is 2.12. The van der Waals surface area contributed by atoms with E-state index in [-0.39, 0.29) is 18.1 Å². The fourth-order valence-electron chi connectivity index (χ4n) is 1.68. The molecule has 0 amide bonds. The van der Waals surface area contributed by atoms with Gasteiger partial charge in [-0.1, -0.05) is 12.1 Å². The van der Waals surface area contributed by atoms with E-state index >= 15 is 0 Å². The minimum absolute atomic E-state index is 0.0151. The molecule has 0 spiro atoms. The average Bonchev–Trinajstić information content (AvgIpc) is 2.40. The maximum Gasteiger partial charge on any atom is 0.276 e. The lowest BCUT2D eigenvalue weighted by Gasteiger charge is -2.07. The van der Waals surface area contributed by atoms with E-state index < -0.39 is 4.92 Å². The Morgan fingerprint density at radius 3 is 2.68 bits per heavy atom. The van der Waals surface area contributed by atoms with Gasteiger partial charge in [0, 0.05) is 6.07 Å². The lowest BCUT2D eigenvalue weighted by molar-refractivity contribution is -0.385. The van der Waals surface area contributed by atoms with Crippen LogP contribution < -0.4 is 4.74 Å². The van der Waals surface area contributed by atoms with Gasteiger partial charge in [0.05, 0.1) is 10.5 Å². The molecule has 5 heteroatoms. The number of hydrogen-bond donors (Lipinski definition) is 0. The van der Waals surface area contributed by atoms with Crippen LogP contribution in [0.1, 0.15) is 11.1 Å². The Kier molecular flexibility index (Phi) is 3.75. The molecule has 0 saturated carbocycles. The lowest BCUT2D eigenvalue weighted by atomic mass is 10.2.